The summed E-state index contributed by atoms with van der Waals surface area (Å²) in [4.78, 5) is 26.8. The lowest BCUT2D eigenvalue weighted by Crippen LogP contribution is -2.29. The number of hydrogen-bond donors (Lipinski definition) is 3. The highest BCUT2D eigenvalue weighted by Crippen LogP contribution is 2.32. The number of nitrogens with one attached hydrogen (secondary N) is 1. The number of carboxylic acids is 1. The Kier molecular flexibility index (Phi) is 5.91. The topological polar surface area (TPSA) is 117 Å². The summed E-state index contributed by atoms with van der Waals surface area (Å²) in [6, 6.07) is 6.10. The Morgan fingerprint density at radius 3 is 2.42 bits per heavy atom. The van der Waals surface area contributed by atoms with Gasteiger partial charge >= 0.3 is 5.97 Å². The van der Waals surface area contributed by atoms with E-state index in [0.29, 0.717) is 21.3 Å². The highest BCUT2D eigenvalue weighted by Gasteiger charge is 2.21. The van der Waals surface area contributed by atoms with Crippen molar-refractivity contribution in [1.82, 2.24) is 19.9 Å². The van der Waals surface area contributed by atoms with Crippen LogP contribution in [0.4, 0.5) is 0 Å². The summed E-state index contributed by atoms with van der Waals surface area (Å²) in [6.45, 7) is -0.593. The first-order valence-corrected chi connectivity index (χ1v) is 7.64. The number of fused-ring (bicyclic) bond motifs is 1. The number of carbonyl (C=O) groups is 2. The summed E-state index contributed by atoms with van der Waals surface area (Å²) in [5.41, 5.74) is 0.842. The number of aromatic hydroxyl groups is 1. The molecular weight excluding hydrogens is 407 g/mol. The van der Waals surface area contributed by atoms with Crippen molar-refractivity contribution < 1.29 is 19.8 Å². The van der Waals surface area contributed by atoms with E-state index in [1.807, 2.05) is 0 Å². The van der Waals surface area contributed by atoms with Gasteiger partial charge in [-0.15, -0.1) is 12.4 Å². The van der Waals surface area contributed by atoms with E-state index in [4.69, 9.17) is 28.3 Å². The average Bonchev–Trinajstić information content (AvgIpc) is 2.99. The molecule has 8 nitrogen and oxygen atoms in total. The summed E-state index contributed by atoms with van der Waals surface area (Å²) < 4.78 is 1.33. The van der Waals surface area contributed by atoms with E-state index in [1.165, 1.54) is 16.9 Å². The number of rotatable bonds is 4. The smallest absolute Gasteiger partial charge is 0.322 e. The summed E-state index contributed by atoms with van der Waals surface area (Å²) >= 11 is 12.0. The number of carbonyl (C=O) groups excluding carboxylic acids is 1. The molecule has 11 heteroatoms. The molecule has 0 aliphatic rings. The van der Waals surface area contributed by atoms with E-state index in [2.05, 4.69) is 15.4 Å². The normalized spacial score (nSPS) is 10.4. The van der Waals surface area contributed by atoms with Crippen LogP contribution in [0.15, 0.2) is 30.6 Å². The summed E-state index contributed by atoms with van der Waals surface area (Å²) in [6.07, 6.45) is 1.21. The number of halogens is 3. The van der Waals surface area contributed by atoms with Gasteiger partial charge in [-0.05, 0) is 18.2 Å². The number of hydrogen-bond acceptors (Lipinski definition) is 5. The Morgan fingerprint density at radius 2 is 1.81 bits per heavy atom. The third-order valence-corrected chi connectivity index (χ3v) is 3.75. The maximum absolute atomic E-state index is 12.2. The zero-order chi connectivity index (χ0) is 18.1. The Bertz CT molecular complexity index is 986. The van der Waals surface area contributed by atoms with Crippen molar-refractivity contribution >= 4 is 53.1 Å². The van der Waals surface area contributed by atoms with Crippen LogP contribution >= 0.6 is 35.6 Å². The number of pyridine rings is 1. The van der Waals surface area contributed by atoms with Gasteiger partial charge < -0.3 is 15.5 Å². The predicted octanol–water partition coefficient (Wildman–Crippen LogP) is 2.64. The van der Waals surface area contributed by atoms with Crippen molar-refractivity contribution in [3.63, 3.8) is 0 Å². The predicted molar refractivity (Wildman–Crippen MR) is 97.3 cm³/mol. The van der Waals surface area contributed by atoms with Crippen LogP contribution in [0.2, 0.25) is 10.0 Å². The third kappa shape index (κ3) is 3.82. The largest absolute Gasteiger partial charge is 0.507 e. The Morgan fingerprint density at radius 1 is 1.15 bits per heavy atom. The molecule has 0 radical (unpaired) electrons. The van der Waals surface area contributed by atoms with Gasteiger partial charge in [-0.2, -0.15) is 5.10 Å². The first-order valence-electron chi connectivity index (χ1n) is 6.89. The molecule has 0 saturated heterocycles. The standard InChI is InChI=1S/C15H10Cl2N4O4.ClH/c16-8-1-7(2-9(17)3-8)10-4-11(22)13(14-19-6-20-21(10)14)15(25)18-5-12(23)24;/h1-4,6,22H,5H2,(H,18,25)(H,23,24);1H. The van der Waals surface area contributed by atoms with Crippen molar-refractivity contribution in [3.05, 3.63) is 46.2 Å². The molecular formula is C15H11Cl3N4O4. The van der Waals surface area contributed by atoms with Crippen molar-refractivity contribution in [1.29, 1.82) is 0 Å². The molecule has 3 rings (SSSR count). The highest BCUT2D eigenvalue weighted by atomic mass is 35.5. The van der Waals surface area contributed by atoms with E-state index >= 15 is 0 Å². The molecule has 0 spiro atoms. The van der Waals surface area contributed by atoms with Gasteiger partial charge in [-0.25, -0.2) is 9.50 Å². The zero-order valence-corrected chi connectivity index (χ0v) is 15.1. The van der Waals surface area contributed by atoms with Crippen LogP contribution in [0.1, 0.15) is 10.4 Å². The summed E-state index contributed by atoms with van der Waals surface area (Å²) in [7, 11) is 0. The highest BCUT2D eigenvalue weighted by molar-refractivity contribution is 6.35. The van der Waals surface area contributed by atoms with Crippen LogP contribution in [-0.4, -0.2) is 43.2 Å². The Labute approximate surface area is 162 Å². The minimum atomic E-state index is -1.21. The van der Waals surface area contributed by atoms with Crippen LogP contribution in [-0.2, 0) is 4.79 Å². The lowest BCUT2D eigenvalue weighted by molar-refractivity contribution is -0.135. The molecule has 0 aliphatic carbocycles. The molecule has 136 valence electrons. The van der Waals surface area contributed by atoms with Gasteiger partial charge in [0.15, 0.2) is 5.65 Å². The van der Waals surface area contributed by atoms with Gasteiger partial charge in [-0.1, -0.05) is 23.2 Å². The van der Waals surface area contributed by atoms with E-state index < -0.39 is 18.4 Å². The molecule has 0 bridgehead atoms. The molecule has 1 aromatic carbocycles. The van der Waals surface area contributed by atoms with Crippen molar-refractivity contribution in [3.8, 4) is 17.0 Å². The minimum Gasteiger partial charge on any atom is -0.507 e. The second-order valence-electron chi connectivity index (χ2n) is 5.02. The zero-order valence-electron chi connectivity index (χ0n) is 12.8. The third-order valence-electron chi connectivity index (χ3n) is 3.31. The fourth-order valence-electron chi connectivity index (χ4n) is 2.34. The van der Waals surface area contributed by atoms with Gasteiger partial charge in [-0.3, -0.25) is 9.59 Å². The first kappa shape index (κ1) is 19.8. The van der Waals surface area contributed by atoms with Crippen LogP contribution in [0.3, 0.4) is 0 Å². The number of aliphatic carboxylic acids is 1. The minimum absolute atomic E-state index is 0. The quantitative estimate of drug-likeness (QED) is 0.601. The number of carboxylic acid groups (broad SMARTS) is 1. The monoisotopic (exact) mass is 416 g/mol. The van der Waals surface area contributed by atoms with E-state index in [0.717, 1.165) is 0 Å². The summed E-state index contributed by atoms with van der Waals surface area (Å²) in [5, 5.41) is 25.9. The molecule has 2 heterocycles. The molecule has 0 aliphatic heterocycles. The second-order valence-corrected chi connectivity index (χ2v) is 5.89. The molecule has 0 unspecified atom stereocenters. The van der Waals surface area contributed by atoms with Crippen molar-refractivity contribution in [2.45, 2.75) is 0 Å². The van der Waals surface area contributed by atoms with Crippen LogP contribution in [0.25, 0.3) is 16.9 Å². The van der Waals surface area contributed by atoms with E-state index in [1.54, 1.807) is 18.2 Å². The maximum atomic E-state index is 12.2. The van der Waals surface area contributed by atoms with E-state index in [9.17, 15) is 14.7 Å². The van der Waals surface area contributed by atoms with Crippen molar-refractivity contribution in [2.75, 3.05) is 6.54 Å². The molecule has 26 heavy (non-hydrogen) atoms. The lowest BCUT2D eigenvalue weighted by Gasteiger charge is -2.11. The number of nitrogens with zero attached hydrogens (tertiary/aromatic N) is 3. The fourth-order valence-corrected chi connectivity index (χ4v) is 2.86. The SMILES string of the molecule is Cl.O=C(O)CNC(=O)c1c(O)cc(-c2cc(Cl)cc(Cl)c2)n2ncnc12. The van der Waals surface area contributed by atoms with Gasteiger partial charge in [0.05, 0.1) is 5.69 Å². The van der Waals surface area contributed by atoms with Crippen LogP contribution in [0.5, 0.6) is 5.75 Å². The number of aromatic nitrogens is 3. The van der Waals surface area contributed by atoms with Crippen LogP contribution < -0.4 is 5.32 Å². The second kappa shape index (κ2) is 7.77. The molecule has 3 aromatic rings. The fraction of sp³-hybridized carbons (Fsp3) is 0.0667. The Hall–Kier alpha value is -2.55. The van der Waals surface area contributed by atoms with Crippen molar-refractivity contribution in [2.24, 2.45) is 0 Å². The van der Waals surface area contributed by atoms with Gasteiger partial charge in [0.2, 0.25) is 0 Å². The molecule has 0 saturated carbocycles. The maximum Gasteiger partial charge on any atom is 0.322 e. The molecule has 0 fully saturated rings. The molecule has 0 atom stereocenters. The summed E-state index contributed by atoms with van der Waals surface area (Å²) in [5.74, 6) is -2.38. The van der Waals surface area contributed by atoms with Crippen LogP contribution in [0, 0.1) is 0 Å². The first-order chi connectivity index (χ1) is 11.9. The lowest BCUT2D eigenvalue weighted by atomic mass is 10.1. The average molecular weight is 418 g/mol. The number of amides is 1. The Balaban J connectivity index is 0.00000243. The van der Waals surface area contributed by atoms with Gasteiger partial charge in [0.1, 0.15) is 24.2 Å². The van der Waals surface area contributed by atoms with E-state index in [-0.39, 0.29) is 29.4 Å². The molecule has 2 aromatic heterocycles. The number of benzene rings is 1. The van der Waals surface area contributed by atoms with Gasteiger partial charge in [0.25, 0.3) is 5.91 Å². The van der Waals surface area contributed by atoms with Gasteiger partial charge in [0, 0.05) is 21.7 Å². The molecule has 3 N–H and O–H groups in total. The molecule has 1 amide bonds.